The normalized spacial score (nSPS) is 9.83. The Morgan fingerprint density at radius 3 is 2.67 bits per heavy atom. The third-order valence-electron chi connectivity index (χ3n) is 1.77. The van der Waals surface area contributed by atoms with Gasteiger partial charge in [0.2, 0.25) is 0 Å². The second-order valence-electron chi connectivity index (χ2n) is 2.71. The number of benzene rings is 1. The molecule has 1 aromatic carbocycles. The molecule has 0 spiro atoms. The predicted octanol–water partition coefficient (Wildman–Crippen LogP) is -1.19. The van der Waals surface area contributed by atoms with E-state index in [0.717, 1.165) is 16.9 Å². The fraction of sp³-hybridized carbons (Fsp3) is 0.222. The van der Waals surface area contributed by atoms with E-state index in [9.17, 15) is 0 Å². The summed E-state index contributed by atoms with van der Waals surface area (Å²) >= 11 is 0. The third kappa shape index (κ3) is 1.87. The van der Waals surface area contributed by atoms with E-state index in [-0.39, 0.29) is 58.2 Å². The molecule has 3 heteroatoms. The molecule has 0 fully saturated rings. The van der Waals surface area contributed by atoms with E-state index < -0.39 is 0 Å². The van der Waals surface area contributed by atoms with Gasteiger partial charge >= 0.3 is 58.2 Å². The number of imidazole rings is 1. The first kappa shape index (κ1) is 10.6. The van der Waals surface area contributed by atoms with Gasteiger partial charge in [0.15, 0.2) is 0 Å². The Bertz CT molecular complexity index is 392. The van der Waals surface area contributed by atoms with E-state index >= 15 is 0 Å². The van der Waals surface area contributed by atoms with E-state index in [1.54, 1.807) is 0 Å². The maximum absolute atomic E-state index is 4.30. The Labute approximate surface area is 121 Å². The molecule has 0 radical (unpaired) electrons. The van der Waals surface area contributed by atoms with Crippen molar-refractivity contribution >= 4 is 11.0 Å². The van der Waals surface area contributed by atoms with Crippen LogP contribution in [0.4, 0.5) is 0 Å². The Morgan fingerprint density at radius 2 is 2.00 bits per heavy atom. The van der Waals surface area contributed by atoms with Crippen LogP contribution in [-0.2, 0) is 0 Å². The summed E-state index contributed by atoms with van der Waals surface area (Å²) in [6.45, 7) is 3.97. The minimum atomic E-state index is 0. The summed E-state index contributed by atoms with van der Waals surface area (Å²) in [4.78, 5) is 8.56. The smallest absolute Gasteiger partial charge is 0.440 e. The third-order valence-corrected chi connectivity index (χ3v) is 1.77. The maximum Gasteiger partial charge on any atom is 1.00 e. The predicted molar refractivity (Wildman–Crippen MR) is 44.5 cm³/mol. The van der Waals surface area contributed by atoms with Crippen molar-refractivity contribution in [3.05, 3.63) is 29.6 Å². The molecule has 1 aromatic heterocycles. The summed E-state index contributed by atoms with van der Waals surface area (Å²) in [5.41, 5.74) is 3.23. The van der Waals surface area contributed by atoms with Gasteiger partial charge in [-0.05, 0) is 30.4 Å². The van der Waals surface area contributed by atoms with Crippen molar-refractivity contribution < 1.29 is 58.2 Å². The van der Waals surface area contributed by atoms with E-state index in [1.165, 1.54) is 5.56 Å². The Kier molecular flexibility index (Phi) is 3.65. The summed E-state index contributed by atoms with van der Waals surface area (Å²) in [6, 6.07) is 6.05. The van der Waals surface area contributed by atoms with Gasteiger partial charge < -0.3 is 9.97 Å². The first-order valence-electron chi connectivity index (χ1n) is 3.64. The quantitative estimate of drug-likeness (QED) is 0.569. The summed E-state index contributed by atoms with van der Waals surface area (Å²) < 4.78 is 0. The van der Waals surface area contributed by atoms with Crippen LogP contribution < -0.4 is 63.2 Å². The van der Waals surface area contributed by atoms with Crippen molar-refractivity contribution in [1.29, 1.82) is 0 Å². The number of nitrogens with zero attached hydrogens (tertiary/aromatic N) is 2. The van der Waals surface area contributed by atoms with Gasteiger partial charge in [-0.2, -0.15) is 0 Å². The zero-order valence-corrected chi connectivity index (χ0v) is 12.5. The summed E-state index contributed by atoms with van der Waals surface area (Å²) in [5, 5.41) is 0. The van der Waals surface area contributed by atoms with Crippen molar-refractivity contribution in [2.24, 2.45) is 0 Å². The second-order valence-corrected chi connectivity index (χ2v) is 2.71. The zero-order chi connectivity index (χ0) is 7.84. The molecule has 0 atom stereocenters. The molecule has 2 nitrogen and oxygen atoms in total. The molecule has 56 valence electrons. The topological polar surface area (TPSA) is 27.0 Å². The number of para-hydroxylation sites is 1. The molecule has 0 aliphatic rings. The van der Waals surface area contributed by atoms with Crippen molar-refractivity contribution in [2.75, 3.05) is 0 Å². The molecule has 0 amide bonds. The van der Waals surface area contributed by atoms with Crippen LogP contribution in [0.5, 0.6) is 0 Å². The van der Waals surface area contributed by atoms with Gasteiger partial charge in [0.05, 0.1) is 0 Å². The van der Waals surface area contributed by atoms with Crippen molar-refractivity contribution in [1.82, 2.24) is 9.97 Å². The molecule has 2 aromatic rings. The first-order valence-corrected chi connectivity index (χ1v) is 3.64. The summed E-state index contributed by atoms with van der Waals surface area (Å²) in [7, 11) is 0. The molecule has 1 heterocycles. The molecule has 0 saturated carbocycles. The summed E-state index contributed by atoms with van der Waals surface area (Å²) in [6.07, 6.45) is 0. The van der Waals surface area contributed by atoms with Gasteiger partial charge in [-0.1, -0.05) is 24.0 Å². The number of aromatic nitrogens is 2. The van der Waals surface area contributed by atoms with Crippen LogP contribution in [0, 0.1) is 13.8 Å². The van der Waals surface area contributed by atoms with Crippen LogP contribution in [-0.4, -0.2) is 4.98 Å². The van der Waals surface area contributed by atoms with Crippen LogP contribution in [0.2, 0.25) is 0 Å². The Balaban J connectivity index is 0.000000720. The van der Waals surface area contributed by atoms with Gasteiger partial charge in [0.25, 0.3) is 0 Å². The molecule has 0 saturated heterocycles. The number of fused-ring (bicyclic) bond motifs is 1. The zero-order valence-electron chi connectivity index (χ0n) is 7.63. The standard InChI is InChI=1S/C9H9N2.Rb/c1-6-4-3-5-8-9(6)11-7(2)10-8;/h3-5H,1-2H3;/q-1;+1. The number of hydrogen-bond donors (Lipinski definition) is 0. The number of rotatable bonds is 0. The average Bonchev–Trinajstić information content (AvgIpc) is 2.31. The van der Waals surface area contributed by atoms with Gasteiger partial charge in [0, 0.05) is 0 Å². The van der Waals surface area contributed by atoms with E-state index in [0.29, 0.717) is 0 Å². The Morgan fingerprint density at radius 1 is 1.25 bits per heavy atom. The fourth-order valence-electron chi connectivity index (χ4n) is 1.24. The first-order chi connectivity index (χ1) is 5.27. The minimum absolute atomic E-state index is 0. The van der Waals surface area contributed by atoms with Gasteiger partial charge in [0.1, 0.15) is 0 Å². The second kappa shape index (κ2) is 4.14. The van der Waals surface area contributed by atoms with E-state index in [4.69, 9.17) is 0 Å². The van der Waals surface area contributed by atoms with E-state index in [2.05, 4.69) is 23.0 Å². The Hall–Kier alpha value is 0.495. The van der Waals surface area contributed by atoms with Gasteiger partial charge in [-0.3, -0.25) is 0 Å². The van der Waals surface area contributed by atoms with Crippen molar-refractivity contribution in [3.8, 4) is 0 Å². The molecule has 0 unspecified atom stereocenters. The average molecular weight is 231 g/mol. The van der Waals surface area contributed by atoms with Gasteiger partial charge in [-0.15, -0.1) is 0 Å². The molecule has 0 aliphatic carbocycles. The SMILES string of the molecule is Cc1nc2cccc(C)c2[n-]1.[Rb+]. The maximum atomic E-state index is 4.30. The molecule has 0 bridgehead atoms. The van der Waals surface area contributed by atoms with Crippen LogP contribution in [0.15, 0.2) is 18.2 Å². The minimum Gasteiger partial charge on any atom is -0.440 e. The van der Waals surface area contributed by atoms with Crippen molar-refractivity contribution in [3.63, 3.8) is 0 Å². The van der Waals surface area contributed by atoms with Crippen LogP contribution in [0.1, 0.15) is 11.4 Å². The molecular formula is C9H9N2Rb. The van der Waals surface area contributed by atoms with Crippen LogP contribution in [0.3, 0.4) is 0 Å². The molecule has 0 N–H and O–H groups in total. The monoisotopic (exact) mass is 230 g/mol. The number of aryl methyl sites for hydroxylation is 2. The largest absolute Gasteiger partial charge is 1.00 e. The van der Waals surface area contributed by atoms with E-state index in [1.807, 2.05) is 19.1 Å². The van der Waals surface area contributed by atoms with Crippen LogP contribution >= 0.6 is 0 Å². The van der Waals surface area contributed by atoms with Crippen molar-refractivity contribution in [2.45, 2.75) is 13.8 Å². The fourth-order valence-corrected chi connectivity index (χ4v) is 1.24. The summed E-state index contributed by atoms with van der Waals surface area (Å²) in [5.74, 6) is 0.856. The van der Waals surface area contributed by atoms with Gasteiger partial charge in [-0.25, -0.2) is 0 Å². The molecular weight excluding hydrogens is 222 g/mol. The molecule has 2 rings (SSSR count). The van der Waals surface area contributed by atoms with Crippen LogP contribution in [0.25, 0.3) is 11.0 Å². The number of hydrogen-bond acceptors (Lipinski definition) is 1. The molecule has 12 heavy (non-hydrogen) atoms. The molecule has 0 aliphatic heterocycles.